The van der Waals surface area contributed by atoms with Gasteiger partial charge in [-0.05, 0) is 54.3 Å². The van der Waals surface area contributed by atoms with E-state index in [9.17, 15) is 0 Å². The Morgan fingerprint density at radius 3 is 2.56 bits per heavy atom. The van der Waals surface area contributed by atoms with Gasteiger partial charge in [-0.2, -0.15) is 0 Å². The molecule has 130 valence electrons. The molecular formula is C16H19ClN8. The van der Waals surface area contributed by atoms with Crippen molar-refractivity contribution in [3.8, 4) is 0 Å². The Kier molecular flexibility index (Phi) is 6.04. The van der Waals surface area contributed by atoms with E-state index >= 15 is 0 Å². The summed E-state index contributed by atoms with van der Waals surface area (Å²) in [7, 11) is 0. The Hall–Kier alpha value is -2.53. The van der Waals surface area contributed by atoms with Gasteiger partial charge in [0.1, 0.15) is 5.15 Å². The molecule has 0 saturated heterocycles. The number of fused-ring (bicyclic) bond motifs is 1. The normalized spacial score (nSPS) is 14.2. The molecule has 25 heavy (non-hydrogen) atoms. The lowest BCUT2D eigenvalue weighted by molar-refractivity contribution is 0.476. The number of pyridine rings is 2. The summed E-state index contributed by atoms with van der Waals surface area (Å²) in [5.41, 5.74) is 18.5. The Bertz CT molecular complexity index is 870. The first-order valence-electron chi connectivity index (χ1n) is 8.03. The summed E-state index contributed by atoms with van der Waals surface area (Å²) in [6.07, 6.45) is 5.21. The van der Waals surface area contributed by atoms with Crippen molar-refractivity contribution in [1.29, 1.82) is 0 Å². The fourth-order valence-corrected chi connectivity index (χ4v) is 2.89. The van der Waals surface area contributed by atoms with Gasteiger partial charge in [-0.1, -0.05) is 35.7 Å². The van der Waals surface area contributed by atoms with Crippen LogP contribution in [0.3, 0.4) is 0 Å². The summed E-state index contributed by atoms with van der Waals surface area (Å²) in [6, 6.07) is 1.57. The third kappa shape index (κ3) is 3.94. The lowest BCUT2D eigenvalue weighted by Gasteiger charge is -2.25. The smallest absolute Gasteiger partial charge is 0.129 e. The van der Waals surface area contributed by atoms with Crippen molar-refractivity contribution in [1.82, 2.24) is 9.97 Å². The second kappa shape index (κ2) is 8.03. The van der Waals surface area contributed by atoms with Gasteiger partial charge in [0.2, 0.25) is 0 Å². The summed E-state index contributed by atoms with van der Waals surface area (Å²) < 4.78 is 0. The molecule has 0 saturated carbocycles. The fraction of sp³-hybridized carbons (Fsp3) is 0.500. The molecule has 0 aliphatic heterocycles. The maximum Gasteiger partial charge on any atom is 0.129 e. The highest BCUT2D eigenvalue weighted by Crippen LogP contribution is 2.36. The van der Waals surface area contributed by atoms with E-state index in [1.54, 1.807) is 18.5 Å². The van der Waals surface area contributed by atoms with Gasteiger partial charge in [0.25, 0.3) is 0 Å². The first kappa shape index (κ1) is 18.8. The van der Waals surface area contributed by atoms with Gasteiger partial charge >= 0.3 is 0 Å². The summed E-state index contributed by atoms with van der Waals surface area (Å²) in [6.45, 7) is 5.78. The van der Waals surface area contributed by atoms with Gasteiger partial charge in [0.15, 0.2) is 0 Å². The van der Waals surface area contributed by atoms with Crippen LogP contribution in [0.2, 0.25) is 5.15 Å². The van der Waals surface area contributed by atoms with Crippen LogP contribution in [0, 0.1) is 0 Å². The first-order chi connectivity index (χ1) is 12.0. The third-order valence-corrected chi connectivity index (χ3v) is 4.68. The van der Waals surface area contributed by atoms with Crippen molar-refractivity contribution in [2.24, 2.45) is 10.2 Å². The monoisotopic (exact) mass is 358 g/mol. The highest BCUT2D eigenvalue weighted by Gasteiger charge is 2.27. The van der Waals surface area contributed by atoms with E-state index in [1.165, 1.54) is 0 Å². The number of aromatic nitrogens is 2. The van der Waals surface area contributed by atoms with Crippen LogP contribution in [0.25, 0.3) is 31.7 Å². The molecular weight excluding hydrogens is 340 g/mol. The van der Waals surface area contributed by atoms with Crippen molar-refractivity contribution >= 4 is 22.4 Å². The molecule has 2 aromatic rings. The van der Waals surface area contributed by atoms with Crippen molar-refractivity contribution in [3.05, 3.63) is 55.8 Å². The molecule has 9 heteroatoms. The largest absolute Gasteiger partial charge is 0.260 e. The molecule has 2 aromatic heterocycles. The van der Waals surface area contributed by atoms with Crippen LogP contribution in [0.4, 0.5) is 0 Å². The average molecular weight is 359 g/mol. The summed E-state index contributed by atoms with van der Waals surface area (Å²) >= 11 is 6.09. The fourth-order valence-electron chi connectivity index (χ4n) is 2.73. The second-order valence-electron chi connectivity index (χ2n) is 5.96. The Balaban J connectivity index is 2.69. The lowest BCUT2D eigenvalue weighted by Crippen LogP contribution is -2.19. The maximum absolute atomic E-state index is 8.94. The van der Waals surface area contributed by atoms with Crippen molar-refractivity contribution < 1.29 is 0 Å². The molecule has 0 bridgehead atoms. The van der Waals surface area contributed by atoms with E-state index in [0.717, 1.165) is 22.0 Å². The minimum absolute atomic E-state index is 0.183. The molecule has 0 aliphatic rings. The minimum atomic E-state index is -0.738. The number of hydrogen-bond donors (Lipinski definition) is 0. The van der Waals surface area contributed by atoms with E-state index in [2.05, 4.69) is 30.0 Å². The van der Waals surface area contributed by atoms with Crippen LogP contribution in [0.5, 0.6) is 0 Å². The minimum Gasteiger partial charge on any atom is -0.260 e. The highest BCUT2D eigenvalue weighted by molar-refractivity contribution is 6.30. The lowest BCUT2D eigenvalue weighted by atomic mass is 9.87. The summed E-state index contributed by atoms with van der Waals surface area (Å²) in [4.78, 5) is 14.6. The van der Waals surface area contributed by atoms with Gasteiger partial charge in [-0.25, -0.2) is 4.98 Å². The molecule has 0 radical (unpaired) electrons. The first-order valence-corrected chi connectivity index (χ1v) is 8.40. The van der Waals surface area contributed by atoms with Crippen LogP contribution < -0.4 is 0 Å². The van der Waals surface area contributed by atoms with E-state index in [-0.39, 0.29) is 6.04 Å². The third-order valence-electron chi connectivity index (χ3n) is 4.47. The van der Waals surface area contributed by atoms with E-state index in [1.807, 2.05) is 20.8 Å². The molecule has 2 heterocycles. The molecule has 0 spiro atoms. The molecule has 0 N–H and O–H groups in total. The molecule has 2 atom stereocenters. The number of nitrogens with zero attached hydrogens (tertiary/aromatic N) is 8. The maximum atomic E-state index is 8.94. The second-order valence-corrected chi connectivity index (χ2v) is 6.35. The van der Waals surface area contributed by atoms with Gasteiger partial charge in [-0.3, -0.25) is 4.98 Å². The van der Waals surface area contributed by atoms with Gasteiger partial charge in [0.05, 0.1) is 11.2 Å². The molecule has 2 rings (SSSR count). The highest BCUT2D eigenvalue weighted by atomic mass is 35.5. The Labute approximate surface area is 150 Å². The van der Waals surface area contributed by atoms with Gasteiger partial charge in [-0.15, -0.1) is 0 Å². The van der Waals surface area contributed by atoms with Gasteiger partial charge < -0.3 is 0 Å². The zero-order chi connectivity index (χ0) is 18.4. The number of rotatable bonds is 7. The summed E-state index contributed by atoms with van der Waals surface area (Å²) in [5.74, 6) is 0. The summed E-state index contributed by atoms with van der Waals surface area (Å²) in [5, 5.41) is 9.80. The van der Waals surface area contributed by atoms with Crippen LogP contribution in [-0.4, -0.2) is 16.0 Å². The molecule has 0 fully saturated rings. The van der Waals surface area contributed by atoms with Crippen molar-refractivity contribution in [3.63, 3.8) is 0 Å². The Morgan fingerprint density at radius 1 is 1.20 bits per heavy atom. The van der Waals surface area contributed by atoms with E-state index < -0.39 is 5.54 Å². The van der Waals surface area contributed by atoms with Crippen molar-refractivity contribution in [2.45, 2.75) is 51.6 Å². The molecule has 0 aliphatic carbocycles. The van der Waals surface area contributed by atoms with E-state index in [0.29, 0.717) is 24.4 Å². The standard InChI is InChI=1S/C16H19ClN8/c1-4-10(22-24-18)6-14-12-8-21-15(17)7-11(12)13(9-20-14)16(3,5-2)23-25-19/h7-10H,4-6H2,1-3H3/t10-,16-/m1/s1. The average Bonchev–Trinajstić information content (AvgIpc) is 2.61. The Morgan fingerprint density at radius 2 is 1.96 bits per heavy atom. The van der Waals surface area contributed by atoms with Crippen LogP contribution in [0.15, 0.2) is 28.7 Å². The van der Waals surface area contributed by atoms with Crippen molar-refractivity contribution in [2.75, 3.05) is 0 Å². The molecule has 0 aromatic carbocycles. The molecule has 0 amide bonds. The predicted molar refractivity (Wildman–Crippen MR) is 98.3 cm³/mol. The molecule has 0 unspecified atom stereocenters. The quantitative estimate of drug-likeness (QED) is 0.266. The number of azide groups is 2. The SMILES string of the molecule is CC[C@H](Cc1ncc([C@@](C)(CC)N=[N+]=[N-])c2cc(Cl)ncc12)N=[N+]=[N-]. The van der Waals surface area contributed by atoms with Crippen LogP contribution >= 0.6 is 11.6 Å². The van der Waals surface area contributed by atoms with Crippen LogP contribution in [0.1, 0.15) is 44.9 Å². The number of hydrogen-bond acceptors (Lipinski definition) is 4. The number of halogens is 1. The topological polar surface area (TPSA) is 123 Å². The molecule has 8 nitrogen and oxygen atoms in total. The van der Waals surface area contributed by atoms with Gasteiger partial charge in [0, 0.05) is 33.6 Å². The van der Waals surface area contributed by atoms with E-state index in [4.69, 9.17) is 22.7 Å². The zero-order valence-electron chi connectivity index (χ0n) is 14.4. The van der Waals surface area contributed by atoms with Crippen LogP contribution in [-0.2, 0) is 12.0 Å². The zero-order valence-corrected chi connectivity index (χ0v) is 15.1. The predicted octanol–water partition coefficient (Wildman–Crippen LogP) is 5.85.